The van der Waals surface area contributed by atoms with Crippen LogP contribution in [0.1, 0.15) is 44.9 Å². The molecule has 0 amide bonds. The molecule has 0 N–H and O–H groups in total. The molecule has 5 heteroatoms. The number of amidine groups is 1. The molecule has 1 aromatic carbocycles. The molecule has 2 fully saturated rings. The third kappa shape index (κ3) is 4.53. The summed E-state index contributed by atoms with van der Waals surface area (Å²) < 4.78 is 5.25. The Morgan fingerprint density at radius 2 is 1.84 bits per heavy atom. The normalized spacial score (nSPS) is 21.0. The van der Waals surface area contributed by atoms with E-state index in [4.69, 9.17) is 14.7 Å². The summed E-state index contributed by atoms with van der Waals surface area (Å²) in [6, 6.07) is 8.43. The first-order chi connectivity index (χ1) is 12.2. The zero-order chi connectivity index (χ0) is 17.6. The van der Waals surface area contributed by atoms with Gasteiger partial charge in [0, 0.05) is 33.1 Å². The molecule has 1 saturated heterocycles. The smallest absolute Gasteiger partial charge is 0.227 e. The van der Waals surface area contributed by atoms with E-state index in [0.717, 1.165) is 36.2 Å². The molecule has 3 rings (SSSR count). The quantitative estimate of drug-likeness (QED) is 0.614. The number of guanidine groups is 1. The lowest BCUT2D eigenvalue weighted by Crippen LogP contribution is -2.38. The van der Waals surface area contributed by atoms with Gasteiger partial charge in [-0.25, -0.2) is 4.99 Å². The monoisotopic (exact) mass is 342 g/mol. The second kappa shape index (κ2) is 8.37. The molecule has 0 unspecified atom stereocenters. The molecule has 0 bridgehead atoms. The van der Waals surface area contributed by atoms with Crippen LogP contribution in [0, 0.1) is 0 Å². The van der Waals surface area contributed by atoms with E-state index in [1.54, 1.807) is 7.11 Å². The number of aliphatic imine (C=N–C) groups is 2. The van der Waals surface area contributed by atoms with Crippen molar-refractivity contribution in [3.05, 3.63) is 24.3 Å². The molecule has 0 spiro atoms. The van der Waals surface area contributed by atoms with E-state index in [-0.39, 0.29) is 0 Å². The number of hydrogen-bond donors (Lipinski definition) is 0. The second-order valence-electron chi connectivity index (χ2n) is 7.07. The Morgan fingerprint density at radius 3 is 2.44 bits per heavy atom. The van der Waals surface area contributed by atoms with Crippen LogP contribution in [0.2, 0.25) is 0 Å². The van der Waals surface area contributed by atoms with Gasteiger partial charge in [0.1, 0.15) is 11.6 Å². The summed E-state index contributed by atoms with van der Waals surface area (Å²) in [5, 5.41) is 0. The summed E-state index contributed by atoms with van der Waals surface area (Å²) in [6.07, 6.45) is 8.65. The summed E-state index contributed by atoms with van der Waals surface area (Å²) in [5.74, 6) is 2.83. The van der Waals surface area contributed by atoms with Crippen LogP contribution in [0.5, 0.6) is 5.75 Å². The molecule has 1 heterocycles. The fraction of sp³-hybridized carbons (Fsp3) is 0.600. The number of benzene rings is 1. The zero-order valence-electron chi connectivity index (χ0n) is 15.7. The van der Waals surface area contributed by atoms with Crippen LogP contribution in [0.3, 0.4) is 0 Å². The summed E-state index contributed by atoms with van der Waals surface area (Å²) >= 11 is 0. The highest BCUT2D eigenvalue weighted by molar-refractivity contribution is 5.97. The Hall–Kier alpha value is -2.04. The van der Waals surface area contributed by atoms with E-state index >= 15 is 0 Å². The first kappa shape index (κ1) is 17.8. The van der Waals surface area contributed by atoms with Crippen molar-refractivity contribution in [1.82, 2.24) is 9.80 Å². The summed E-state index contributed by atoms with van der Waals surface area (Å²) in [6.45, 7) is 1.09. The van der Waals surface area contributed by atoms with Gasteiger partial charge in [-0.2, -0.15) is 4.99 Å². The van der Waals surface area contributed by atoms with E-state index in [1.165, 1.54) is 38.5 Å². The van der Waals surface area contributed by atoms with Gasteiger partial charge in [0.15, 0.2) is 0 Å². The lowest BCUT2D eigenvalue weighted by Gasteiger charge is -2.32. The number of rotatable bonds is 3. The van der Waals surface area contributed by atoms with Crippen molar-refractivity contribution in [2.24, 2.45) is 9.98 Å². The molecule has 1 aliphatic heterocycles. The van der Waals surface area contributed by atoms with Gasteiger partial charge in [-0.3, -0.25) is 0 Å². The predicted octanol–water partition coefficient (Wildman–Crippen LogP) is 4.07. The topological polar surface area (TPSA) is 40.4 Å². The Kier molecular flexibility index (Phi) is 5.95. The van der Waals surface area contributed by atoms with Gasteiger partial charge in [-0.1, -0.05) is 19.3 Å². The lowest BCUT2D eigenvalue weighted by molar-refractivity contribution is 0.276. The number of hydrogen-bond acceptors (Lipinski definition) is 2. The highest BCUT2D eigenvalue weighted by Gasteiger charge is 2.23. The van der Waals surface area contributed by atoms with E-state index in [9.17, 15) is 0 Å². The largest absolute Gasteiger partial charge is 0.497 e. The first-order valence-corrected chi connectivity index (χ1v) is 9.41. The average molecular weight is 342 g/mol. The van der Waals surface area contributed by atoms with Crippen molar-refractivity contribution >= 4 is 17.5 Å². The van der Waals surface area contributed by atoms with Crippen molar-refractivity contribution in [3.63, 3.8) is 0 Å². The third-order valence-corrected chi connectivity index (χ3v) is 5.30. The second-order valence-corrected chi connectivity index (χ2v) is 7.07. The maximum atomic E-state index is 5.25. The number of ether oxygens (including phenoxy) is 1. The van der Waals surface area contributed by atoms with E-state index < -0.39 is 0 Å². The van der Waals surface area contributed by atoms with Gasteiger partial charge >= 0.3 is 0 Å². The fourth-order valence-corrected chi connectivity index (χ4v) is 3.64. The molecule has 1 aromatic rings. The highest BCUT2D eigenvalue weighted by atomic mass is 16.5. The number of methoxy groups -OCH3 is 1. The van der Waals surface area contributed by atoms with Gasteiger partial charge in [-0.05, 0) is 43.5 Å². The lowest BCUT2D eigenvalue weighted by atomic mass is 9.95. The minimum absolute atomic E-state index is 0.543. The first-order valence-electron chi connectivity index (χ1n) is 9.41. The average Bonchev–Trinajstić information content (AvgIpc) is 3.06. The maximum absolute atomic E-state index is 5.25. The molecule has 2 aliphatic rings. The molecular weight excluding hydrogens is 312 g/mol. The summed E-state index contributed by atoms with van der Waals surface area (Å²) in [7, 11) is 5.96. The van der Waals surface area contributed by atoms with E-state index in [1.807, 2.05) is 24.3 Å². The Bertz CT molecular complexity index is 617. The molecule has 25 heavy (non-hydrogen) atoms. The molecule has 5 nitrogen and oxygen atoms in total. The van der Waals surface area contributed by atoms with E-state index in [0.29, 0.717) is 6.04 Å². The zero-order valence-corrected chi connectivity index (χ0v) is 15.7. The van der Waals surface area contributed by atoms with Crippen LogP contribution in [0.25, 0.3) is 0 Å². The Balaban J connectivity index is 1.88. The molecular formula is C20H30N4O. The Labute approximate surface area is 151 Å². The van der Waals surface area contributed by atoms with Crippen molar-refractivity contribution < 1.29 is 4.74 Å². The van der Waals surface area contributed by atoms with Crippen LogP contribution in [0.15, 0.2) is 34.3 Å². The molecule has 0 aromatic heterocycles. The standard InChI is InChI=1S/C20H30N4O/c1-23-15-7-10-19(23)22-20(24(2)17-8-5-4-6-9-17)21-16-11-13-18(25-3)14-12-16/h11-14,17H,4-10,15H2,1-3H3. The molecule has 0 radical (unpaired) electrons. The van der Waals surface area contributed by atoms with Gasteiger partial charge in [0.05, 0.1) is 12.8 Å². The van der Waals surface area contributed by atoms with Crippen LogP contribution in [0.4, 0.5) is 5.69 Å². The Morgan fingerprint density at radius 1 is 1.12 bits per heavy atom. The van der Waals surface area contributed by atoms with Crippen molar-refractivity contribution in [1.29, 1.82) is 0 Å². The van der Waals surface area contributed by atoms with Crippen molar-refractivity contribution in [3.8, 4) is 5.75 Å². The van der Waals surface area contributed by atoms with Crippen LogP contribution in [-0.2, 0) is 0 Å². The summed E-state index contributed by atoms with van der Waals surface area (Å²) in [4.78, 5) is 14.4. The van der Waals surface area contributed by atoms with Crippen LogP contribution >= 0.6 is 0 Å². The van der Waals surface area contributed by atoms with Crippen molar-refractivity contribution in [2.45, 2.75) is 51.0 Å². The molecule has 1 saturated carbocycles. The van der Waals surface area contributed by atoms with Gasteiger partial charge in [0.25, 0.3) is 0 Å². The minimum Gasteiger partial charge on any atom is -0.497 e. The van der Waals surface area contributed by atoms with Gasteiger partial charge in [-0.15, -0.1) is 0 Å². The number of likely N-dealkylation sites (tertiary alicyclic amines) is 1. The fourth-order valence-electron chi connectivity index (χ4n) is 3.64. The van der Waals surface area contributed by atoms with Crippen molar-refractivity contribution in [2.75, 3.05) is 27.7 Å². The third-order valence-electron chi connectivity index (χ3n) is 5.30. The SMILES string of the molecule is COc1ccc(N=C(N=C2CCCN2C)N(C)C2CCCCC2)cc1. The highest BCUT2D eigenvalue weighted by Crippen LogP contribution is 2.24. The number of nitrogens with zero attached hydrogens (tertiary/aromatic N) is 4. The van der Waals surface area contributed by atoms with Gasteiger partial charge < -0.3 is 14.5 Å². The minimum atomic E-state index is 0.543. The molecule has 136 valence electrons. The predicted molar refractivity (Wildman–Crippen MR) is 104 cm³/mol. The molecule has 1 aliphatic carbocycles. The van der Waals surface area contributed by atoms with Gasteiger partial charge in [0.2, 0.25) is 5.96 Å². The van der Waals surface area contributed by atoms with Crippen LogP contribution in [-0.4, -0.2) is 55.4 Å². The molecule has 0 atom stereocenters. The van der Waals surface area contributed by atoms with Crippen LogP contribution < -0.4 is 4.74 Å². The maximum Gasteiger partial charge on any atom is 0.227 e. The summed E-state index contributed by atoms with van der Waals surface area (Å²) in [5.41, 5.74) is 0.920. The van der Waals surface area contributed by atoms with E-state index in [2.05, 4.69) is 23.9 Å².